The van der Waals surface area contributed by atoms with E-state index in [2.05, 4.69) is 19.2 Å². The summed E-state index contributed by atoms with van der Waals surface area (Å²) in [7, 11) is -3.46. The summed E-state index contributed by atoms with van der Waals surface area (Å²) in [5.41, 5.74) is 1.53. The zero-order chi connectivity index (χ0) is 20.1. The first-order valence-corrected chi connectivity index (χ1v) is 11.3. The van der Waals surface area contributed by atoms with Gasteiger partial charge < -0.3 is 5.32 Å². The maximum atomic E-state index is 12.8. The highest BCUT2D eigenvalue weighted by Crippen LogP contribution is 2.23. The number of hydrogen-bond donors (Lipinski definition) is 1. The largest absolute Gasteiger partial charge is 0.345 e. The van der Waals surface area contributed by atoms with Crippen LogP contribution in [0.15, 0.2) is 59.5 Å². The molecule has 0 bridgehead atoms. The fourth-order valence-electron chi connectivity index (χ4n) is 3.53. The van der Waals surface area contributed by atoms with E-state index in [9.17, 15) is 13.2 Å². The molecule has 0 saturated carbocycles. The van der Waals surface area contributed by atoms with Gasteiger partial charge in [0.15, 0.2) is 0 Å². The van der Waals surface area contributed by atoms with Crippen LogP contribution in [0.2, 0.25) is 0 Å². The molecule has 0 spiro atoms. The second-order valence-electron chi connectivity index (χ2n) is 7.70. The third-order valence-electron chi connectivity index (χ3n) is 5.03. The first kappa shape index (κ1) is 20.6. The van der Waals surface area contributed by atoms with Gasteiger partial charge in [0.25, 0.3) is 5.91 Å². The minimum absolute atomic E-state index is 0.0818. The van der Waals surface area contributed by atoms with E-state index in [0.29, 0.717) is 24.6 Å². The molecular weight excluding hydrogens is 372 g/mol. The average Bonchev–Trinajstić information content (AvgIpc) is 3.23. The van der Waals surface area contributed by atoms with E-state index in [1.165, 1.54) is 16.4 Å². The predicted molar refractivity (Wildman–Crippen MR) is 111 cm³/mol. The minimum atomic E-state index is -3.46. The van der Waals surface area contributed by atoms with Crippen LogP contribution in [0.5, 0.6) is 0 Å². The number of nitrogens with one attached hydrogen (secondary N) is 1. The Balaban J connectivity index is 1.74. The van der Waals surface area contributed by atoms with Crippen molar-refractivity contribution in [2.24, 2.45) is 5.92 Å². The summed E-state index contributed by atoms with van der Waals surface area (Å²) in [6.07, 6.45) is 2.63. The van der Waals surface area contributed by atoms with E-state index >= 15 is 0 Å². The zero-order valence-electron chi connectivity index (χ0n) is 16.5. The lowest BCUT2D eigenvalue weighted by Gasteiger charge is -2.21. The fourth-order valence-corrected chi connectivity index (χ4v) is 5.05. The third-order valence-corrected chi connectivity index (χ3v) is 6.95. The Hall–Kier alpha value is -2.18. The van der Waals surface area contributed by atoms with Crippen molar-refractivity contribution in [3.63, 3.8) is 0 Å². The number of carbonyl (C=O) groups is 1. The van der Waals surface area contributed by atoms with Crippen molar-refractivity contribution in [3.8, 4) is 0 Å². The second kappa shape index (κ2) is 8.88. The molecule has 0 unspecified atom stereocenters. The number of amides is 1. The Bertz CT molecular complexity index is 887. The van der Waals surface area contributed by atoms with E-state index in [4.69, 9.17) is 0 Å². The van der Waals surface area contributed by atoms with Crippen molar-refractivity contribution in [2.45, 2.75) is 44.0 Å². The molecule has 5 nitrogen and oxygen atoms in total. The third kappa shape index (κ3) is 4.80. The Kier molecular flexibility index (Phi) is 6.52. The molecule has 1 amide bonds. The van der Waals surface area contributed by atoms with Crippen LogP contribution >= 0.6 is 0 Å². The molecule has 28 heavy (non-hydrogen) atoms. The first-order chi connectivity index (χ1) is 13.4. The Morgan fingerprint density at radius 3 is 2.18 bits per heavy atom. The van der Waals surface area contributed by atoms with Crippen LogP contribution in [-0.4, -0.2) is 31.7 Å². The van der Waals surface area contributed by atoms with Gasteiger partial charge in [-0.2, -0.15) is 4.31 Å². The normalized spacial score (nSPS) is 16.2. The van der Waals surface area contributed by atoms with Crippen molar-refractivity contribution in [2.75, 3.05) is 13.1 Å². The highest BCUT2D eigenvalue weighted by atomic mass is 32.2. The number of benzene rings is 2. The van der Waals surface area contributed by atoms with Crippen LogP contribution in [-0.2, 0) is 10.0 Å². The van der Waals surface area contributed by atoms with Gasteiger partial charge in [-0.05, 0) is 55.0 Å². The molecule has 1 N–H and O–H groups in total. The standard InChI is InChI=1S/C22H28N2O3S/c1-17(2)16-21(18-8-4-3-5-9-18)23-22(25)19-10-12-20(13-11-19)28(26,27)24-14-6-7-15-24/h3-5,8-13,17,21H,6-7,14-16H2,1-2H3,(H,23,25)/t21-/m0/s1. The van der Waals surface area contributed by atoms with E-state index in [-0.39, 0.29) is 16.8 Å². The number of hydrogen-bond acceptors (Lipinski definition) is 3. The maximum Gasteiger partial charge on any atom is 0.251 e. The minimum Gasteiger partial charge on any atom is -0.345 e. The lowest BCUT2D eigenvalue weighted by molar-refractivity contribution is 0.0932. The van der Waals surface area contributed by atoms with Gasteiger partial charge in [-0.15, -0.1) is 0 Å². The van der Waals surface area contributed by atoms with E-state index < -0.39 is 10.0 Å². The summed E-state index contributed by atoms with van der Waals surface area (Å²) in [4.78, 5) is 13.0. The van der Waals surface area contributed by atoms with Gasteiger partial charge in [-0.25, -0.2) is 8.42 Å². The van der Waals surface area contributed by atoms with Gasteiger partial charge in [0.05, 0.1) is 10.9 Å². The molecule has 1 saturated heterocycles. The summed E-state index contributed by atoms with van der Waals surface area (Å²) in [6.45, 7) is 5.39. The smallest absolute Gasteiger partial charge is 0.251 e. The Morgan fingerprint density at radius 2 is 1.61 bits per heavy atom. The molecular formula is C22H28N2O3S. The van der Waals surface area contributed by atoms with Crippen LogP contribution < -0.4 is 5.32 Å². The molecule has 150 valence electrons. The molecule has 0 aliphatic carbocycles. The zero-order valence-corrected chi connectivity index (χ0v) is 17.3. The van der Waals surface area contributed by atoms with Crippen LogP contribution in [0.25, 0.3) is 0 Å². The predicted octanol–water partition coefficient (Wildman–Crippen LogP) is 3.99. The van der Waals surface area contributed by atoms with Gasteiger partial charge >= 0.3 is 0 Å². The monoisotopic (exact) mass is 400 g/mol. The number of rotatable bonds is 7. The van der Waals surface area contributed by atoms with Crippen LogP contribution in [0.3, 0.4) is 0 Å². The van der Waals surface area contributed by atoms with Crippen LogP contribution in [0.1, 0.15) is 55.1 Å². The summed E-state index contributed by atoms with van der Waals surface area (Å²) in [6, 6.07) is 16.1. The number of sulfonamides is 1. The van der Waals surface area contributed by atoms with Gasteiger partial charge in [0.1, 0.15) is 0 Å². The van der Waals surface area contributed by atoms with Crippen LogP contribution in [0, 0.1) is 5.92 Å². The lowest BCUT2D eigenvalue weighted by atomic mass is 9.96. The number of carbonyl (C=O) groups excluding carboxylic acids is 1. The summed E-state index contributed by atoms with van der Waals surface area (Å²) >= 11 is 0. The van der Waals surface area contributed by atoms with Crippen molar-refractivity contribution in [1.82, 2.24) is 9.62 Å². The number of nitrogens with zero attached hydrogens (tertiary/aromatic N) is 1. The average molecular weight is 401 g/mol. The summed E-state index contributed by atoms with van der Waals surface area (Å²) < 4.78 is 26.8. The molecule has 6 heteroatoms. The maximum absolute atomic E-state index is 12.8. The fraction of sp³-hybridized carbons (Fsp3) is 0.409. The van der Waals surface area contributed by atoms with Crippen molar-refractivity contribution >= 4 is 15.9 Å². The van der Waals surface area contributed by atoms with Gasteiger partial charge in [0, 0.05) is 18.7 Å². The van der Waals surface area contributed by atoms with Crippen molar-refractivity contribution < 1.29 is 13.2 Å². The van der Waals surface area contributed by atoms with Crippen molar-refractivity contribution in [3.05, 3.63) is 65.7 Å². The Labute approximate surface area is 167 Å². The molecule has 3 rings (SSSR count). The highest BCUT2D eigenvalue weighted by molar-refractivity contribution is 7.89. The molecule has 1 atom stereocenters. The second-order valence-corrected chi connectivity index (χ2v) is 9.64. The van der Waals surface area contributed by atoms with E-state index in [1.807, 2.05) is 30.3 Å². The summed E-state index contributed by atoms with van der Waals surface area (Å²) in [5, 5.41) is 3.10. The van der Waals surface area contributed by atoms with Gasteiger partial charge in [0.2, 0.25) is 10.0 Å². The van der Waals surface area contributed by atoms with Crippen LogP contribution in [0.4, 0.5) is 0 Å². The summed E-state index contributed by atoms with van der Waals surface area (Å²) in [5.74, 6) is 0.234. The molecule has 0 radical (unpaired) electrons. The highest BCUT2D eigenvalue weighted by Gasteiger charge is 2.27. The molecule has 1 aliphatic heterocycles. The SMILES string of the molecule is CC(C)C[C@H](NC(=O)c1ccc(S(=O)(=O)N2CCCC2)cc1)c1ccccc1. The van der Waals surface area contributed by atoms with Gasteiger partial charge in [-0.1, -0.05) is 44.2 Å². The molecule has 1 fully saturated rings. The molecule has 0 aromatic heterocycles. The lowest BCUT2D eigenvalue weighted by Crippen LogP contribution is -2.30. The topological polar surface area (TPSA) is 66.5 Å². The molecule has 1 heterocycles. The Morgan fingerprint density at radius 1 is 1.00 bits per heavy atom. The quantitative estimate of drug-likeness (QED) is 0.764. The van der Waals surface area contributed by atoms with E-state index in [1.54, 1.807) is 12.1 Å². The molecule has 2 aromatic carbocycles. The van der Waals surface area contributed by atoms with E-state index in [0.717, 1.165) is 24.8 Å². The first-order valence-electron chi connectivity index (χ1n) is 9.84. The molecule has 1 aliphatic rings. The van der Waals surface area contributed by atoms with Gasteiger partial charge in [-0.3, -0.25) is 4.79 Å². The van der Waals surface area contributed by atoms with Crippen molar-refractivity contribution in [1.29, 1.82) is 0 Å². The molecule has 2 aromatic rings.